The minimum atomic E-state index is -0.611. The number of carbonyl (C=O) groups excluding carboxylic acids is 2. The van der Waals surface area contributed by atoms with Crippen molar-refractivity contribution in [3.8, 4) is 28.3 Å². The lowest BCUT2D eigenvalue weighted by Crippen LogP contribution is -2.35. The standard InChI is InChI=1S/C34H35Cl2FN6O4/c1-19(34(45)47-3)40-17-20-14-15-39-32(31(20)37)42-27-9-5-7-24(30(27)36)23-6-4-8-25(29(23)35)26-12-10-21(33(43-26)46-2)16-38-18-22-11-13-28(44)41-22/h4-10,12,14-15,19,22,38,40H,11,13,16-18H2,1-3H3,(H,39,42)(H,41,44)/t19-,22-/m0/s1. The average molecular weight is 682 g/mol. The van der Waals surface area contributed by atoms with Crippen LogP contribution in [0.5, 0.6) is 5.88 Å². The van der Waals surface area contributed by atoms with Crippen LogP contribution in [0.3, 0.4) is 0 Å². The Morgan fingerprint density at radius 3 is 2.49 bits per heavy atom. The van der Waals surface area contributed by atoms with Gasteiger partial charge in [-0.3, -0.25) is 9.59 Å². The number of aromatic nitrogens is 2. The second-order valence-electron chi connectivity index (χ2n) is 11.0. The van der Waals surface area contributed by atoms with E-state index in [1.165, 1.54) is 19.4 Å². The molecule has 13 heteroatoms. The minimum Gasteiger partial charge on any atom is -0.481 e. The van der Waals surface area contributed by atoms with Gasteiger partial charge in [-0.2, -0.15) is 0 Å². The van der Waals surface area contributed by atoms with Crippen LogP contribution in [0.15, 0.2) is 60.8 Å². The van der Waals surface area contributed by atoms with Gasteiger partial charge in [0, 0.05) is 66.1 Å². The first-order chi connectivity index (χ1) is 22.7. The van der Waals surface area contributed by atoms with Crippen molar-refractivity contribution in [1.82, 2.24) is 25.9 Å². The summed E-state index contributed by atoms with van der Waals surface area (Å²) in [6.45, 7) is 2.90. The van der Waals surface area contributed by atoms with Crippen LogP contribution >= 0.6 is 23.2 Å². The fourth-order valence-electron chi connectivity index (χ4n) is 5.27. The van der Waals surface area contributed by atoms with E-state index < -0.39 is 17.8 Å². The van der Waals surface area contributed by atoms with E-state index in [4.69, 9.17) is 37.7 Å². The Bertz CT molecular complexity index is 1780. The fraction of sp³-hybridized carbons (Fsp3) is 0.294. The van der Waals surface area contributed by atoms with Gasteiger partial charge in [0.05, 0.1) is 35.6 Å². The van der Waals surface area contributed by atoms with Gasteiger partial charge in [0.25, 0.3) is 0 Å². The molecule has 1 aliphatic heterocycles. The summed E-state index contributed by atoms with van der Waals surface area (Å²) >= 11 is 13.9. The summed E-state index contributed by atoms with van der Waals surface area (Å²) in [5.74, 6) is -0.507. The maximum atomic E-state index is 15.4. The van der Waals surface area contributed by atoms with Crippen LogP contribution in [0, 0.1) is 5.82 Å². The van der Waals surface area contributed by atoms with Crippen molar-refractivity contribution in [2.45, 2.75) is 44.9 Å². The number of esters is 1. The zero-order chi connectivity index (χ0) is 33.5. The summed E-state index contributed by atoms with van der Waals surface area (Å²) < 4.78 is 25.7. The van der Waals surface area contributed by atoms with Gasteiger partial charge in [-0.05, 0) is 31.5 Å². The molecule has 0 unspecified atom stereocenters. The summed E-state index contributed by atoms with van der Waals surface area (Å²) in [5.41, 5.74) is 4.19. The van der Waals surface area contributed by atoms with E-state index in [1.54, 1.807) is 26.2 Å². The SMILES string of the molecule is COC(=O)[C@H](C)NCc1ccnc(Nc2cccc(-c3cccc(-c4ccc(CNC[C@@H]5CCC(=O)N5)c(OC)n4)c3Cl)c2Cl)c1F. The molecule has 0 aliphatic carbocycles. The van der Waals surface area contributed by atoms with Crippen LogP contribution < -0.4 is 26.0 Å². The number of rotatable bonds is 13. The molecule has 1 aliphatic rings. The maximum absolute atomic E-state index is 15.4. The van der Waals surface area contributed by atoms with Crippen LogP contribution in [0.4, 0.5) is 15.9 Å². The Labute approximate surface area is 282 Å². The molecular weight excluding hydrogens is 646 g/mol. The van der Waals surface area contributed by atoms with Crippen LogP contribution in [-0.2, 0) is 27.4 Å². The summed E-state index contributed by atoms with van der Waals surface area (Å²) in [6.07, 6.45) is 2.84. The summed E-state index contributed by atoms with van der Waals surface area (Å²) in [5, 5.41) is 13.0. The minimum absolute atomic E-state index is 0.0206. The van der Waals surface area contributed by atoms with Crippen molar-refractivity contribution in [3.05, 3.63) is 87.8 Å². The van der Waals surface area contributed by atoms with E-state index in [-0.39, 0.29) is 24.3 Å². The van der Waals surface area contributed by atoms with Gasteiger partial charge >= 0.3 is 5.97 Å². The van der Waals surface area contributed by atoms with Crippen LogP contribution in [0.2, 0.25) is 10.0 Å². The smallest absolute Gasteiger partial charge is 0.322 e. The second kappa shape index (κ2) is 15.5. The molecule has 1 amide bonds. The summed E-state index contributed by atoms with van der Waals surface area (Å²) in [6, 6.07) is 15.8. The van der Waals surface area contributed by atoms with E-state index in [0.29, 0.717) is 69.1 Å². The van der Waals surface area contributed by atoms with Crippen LogP contribution in [-0.4, -0.2) is 54.7 Å². The highest BCUT2D eigenvalue weighted by Crippen LogP contribution is 2.42. The molecule has 0 radical (unpaired) electrons. The zero-order valence-corrected chi connectivity index (χ0v) is 27.6. The molecule has 0 bridgehead atoms. The lowest BCUT2D eigenvalue weighted by Gasteiger charge is -2.16. The normalized spacial score (nSPS) is 14.9. The highest BCUT2D eigenvalue weighted by molar-refractivity contribution is 6.39. The molecule has 3 heterocycles. The zero-order valence-electron chi connectivity index (χ0n) is 26.1. The van der Waals surface area contributed by atoms with Crippen molar-refractivity contribution < 1.29 is 23.5 Å². The van der Waals surface area contributed by atoms with Crippen molar-refractivity contribution in [1.29, 1.82) is 0 Å². The number of hydrogen-bond acceptors (Lipinski definition) is 9. The third-order valence-corrected chi connectivity index (χ3v) is 8.68. The monoisotopic (exact) mass is 680 g/mol. The maximum Gasteiger partial charge on any atom is 0.322 e. The summed E-state index contributed by atoms with van der Waals surface area (Å²) in [7, 11) is 2.86. The van der Waals surface area contributed by atoms with Gasteiger partial charge in [0.15, 0.2) is 11.6 Å². The first-order valence-electron chi connectivity index (χ1n) is 15.0. The summed E-state index contributed by atoms with van der Waals surface area (Å²) in [4.78, 5) is 32.1. The first-order valence-corrected chi connectivity index (χ1v) is 15.8. The predicted octanol–water partition coefficient (Wildman–Crippen LogP) is 6.03. The molecule has 10 nitrogen and oxygen atoms in total. The third kappa shape index (κ3) is 7.99. The number of anilines is 2. The number of ether oxygens (including phenoxy) is 2. The second-order valence-corrected chi connectivity index (χ2v) is 11.8. The number of amides is 1. The molecule has 2 atom stereocenters. The van der Waals surface area contributed by atoms with Crippen molar-refractivity contribution in [3.63, 3.8) is 0 Å². The lowest BCUT2D eigenvalue weighted by molar-refractivity contribution is -0.142. The van der Waals surface area contributed by atoms with E-state index in [2.05, 4.69) is 26.3 Å². The number of pyridine rings is 2. The first kappa shape index (κ1) is 34.1. The molecule has 2 aromatic carbocycles. The Hall–Kier alpha value is -4.29. The molecule has 4 aromatic rings. The van der Waals surface area contributed by atoms with Gasteiger partial charge in [-0.25, -0.2) is 14.4 Å². The number of methoxy groups -OCH3 is 2. The molecule has 2 aromatic heterocycles. The quantitative estimate of drug-likeness (QED) is 0.125. The van der Waals surface area contributed by atoms with Gasteiger partial charge < -0.3 is 30.7 Å². The van der Waals surface area contributed by atoms with Crippen LogP contribution in [0.1, 0.15) is 30.9 Å². The van der Waals surface area contributed by atoms with Gasteiger partial charge in [0.1, 0.15) is 6.04 Å². The molecule has 0 spiro atoms. The Kier molecular flexibility index (Phi) is 11.3. The number of benzene rings is 2. The number of nitrogens with zero attached hydrogens (tertiary/aromatic N) is 2. The highest BCUT2D eigenvalue weighted by Gasteiger charge is 2.21. The van der Waals surface area contributed by atoms with Gasteiger partial charge in [-0.15, -0.1) is 0 Å². The van der Waals surface area contributed by atoms with Gasteiger partial charge in [0.2, 0.25) is 11.8 Å². The Morgan fingerprint density at radius 2 is 1.77 bits per heavy atom. The van der Waals surface area contributed by atoms with Gasteiger partial charge in [-0.1, -0.05) is 59.6 Å². The topological polar surface area (TPSA) is 126 Å². The van der Waals surface area contributed by atoms with Crippen LogP contribution in [0.25, 0.3) is 22.4 Å². The van der Waals surface area contributed by atoms with E-state index in [0.717, 1.165) is 12.0 Å². The van der Waals surface area contributed by atoms with E-state index >= 15 is 4.39 Å². The fourth-order valence-corrected chi connectivity index (χ4v) is 5.87. The lowest BCUT2D eigenvalue weighted by atomic mass is 10.00. The molecule has 5 rings (SSSR count). The molecule has 0 saturated carbocycles. The Balaban J connectivity index is 1.35. The number of carbonyl (C=O) groups is 2. The Morgan fingerprint density at radius 1 is 1.02 bits per heavy atom. The van der Waals surface area contributed by atoms with Crippen molar-refractivity contribution in [2.75, 3.05) is 26.1 Å². The molecule has 246 valence electrons. The number of halogens is 3. The molecule has 1 fully saturated rings. The number of hydrogen-bond donors (Lipinski definition) is 4. The van der Waals surface area contributed by atoms with E-state index in [9.17, 15) is 9.59 Å². The van der Waals surface area contributed by atoms with Crippen molar-refractivity contribution >= 4 is 46.6 Å². The van der Waals surface area contributed by atoms with E-state index in [1.807, 2.05) is 36.4 Å². The highest BCUT2D eigenvalue weighted by atomic mass is 35.5. The molecular formula is C34H35Cl2FN6O4. The largest absolute Gasteiger partial charge is 0.481 e. The molecule has 4 N–H and O–H groups in total. The predicted molar refractivity (Wildman–Crippen MR) is 180 cm³/mol. The van der Waals surface area contributed by atoms with Crippen molar-refractivity contribution in [2.24, 2.45) is 0 Å². The third-order valence-electron chi connectivity index (χ3n) is 7.86. The average Bonchev–Trinajstić information content (AvgIpc) is 3.50. The number of nitrogens with one attached hydrogen (secondary N) is 4. The molecule has 1 saturated heterocycles. The molecule has 47 heavy (non-hydrogen) atoms.